The van der Waals surface area contributed by atoms with Crippen LogP contribution in [0, 0.1) is 0 Å². The summed E-state index contributed by atoms with van der Waals surface area (Å²) < 4.78 is 0. The molecule has 126 valence electrons. The SMILES string of the molecule is CC(=O)N(CCC(=O)NCc1ccccc1Cl)Cc1ccncc1. The summed E-state index contributed by atoms with van der Waals surface area (Å²) in [6.07, 6.45) is 3.61. The normalized spacial score (nSPS) is 10.2. The van der Waals surface area contributed by atoms with Crippen LogP contribution in [0.2, 0.25) is 5.02 Å². The molecule has 0 aliphatic heterocycles. The second-order valence-corrected chi connectivity index (χ2v) is 5.82. The van der Waals surface area contributed by atoms with Crippen LogP contribution in [0.15, 0.2) is 48.8 Å². The van der Waals surface area contributed by atoms with E-state index < -0.39 is 0 Å². The average Bonchev–Trinajstić information content (AvgIpc) is 2.58. The van der Waals surface area contributed by atoms with Crippen molar-refractivity contribution in [3.05, 3.63) is 64.9 Å². The van der Waals surface area contributed by atoms with Gasteiger partial charge < -0.3 is 10.2 Å². The van der Waals surface area contributed by atoms with Crippen molar-refractivity contribution in [3.63, 3.8) is 0 Å². The summed E-state index contributed by atoms with van der Waals surface area (Å²) in [5.74, 6) is -0.179. The Hall–Kier alpha value is -2.40. The number of carbonyl (C=O) groups excluding carboxylic acids is 2. The van der Waals surface area contributed by atoms with Crippen molar-refractivity contribution >= 4 is 23.4 Å². The van der Waals surface area contributed by atoms with Gasteiger partial charge in [0, 0.05) is 50.4 Å². The number of nitrogens with zero attached hydrogens (tertiary/aromatic N) is 2. The average molecular weight is 346 g/mol. The van der Waals surface area contributed by atoms with E-state index in [-0.39, 0.29) is 18.2 Å². The van der Waals surface area contributed by atoms with Gasteiger partial charge in [0.15, 0.2) is 0 Å². The van der Waals surface area contributed by atoms with Gasteiger partial charge in [0.2, 0.25) is 11.8 Å². The number of halogens is 1. The number of amides is 2. The zero-order valence-electron chi connectivity index (χ0n) is 13.5. The molecule has 2 rings (SSSR count). The molecular formula is C18H20ClN3O2. The van der Waals surface area contributed by atoms with E-state index in [1.807, 2.05) is 30.3 Å². The van der Waals surface area contributed by atoms with Crippen LogP contribution in [0.1, 0.15) is 24.5 Å². The maximum Gasteiger partial charge on any atom is 0.222 e. The van der Waals surface area contributed by atoms with Crippen molar-refractivity contribution in [2.24, 2.45) is 0 Å². The minimum Gasteiger partial charge on any atom is -0.352 e. The molecule has 0 radical (unpaired) electrons. The Morgan fingerprint density at radius 1 is 1.17 bits per heavy atom. The first kappa shape index (κ1) is 17.9. The molecule has 0 unspecified atom stereocenters. The molecule has 0 aliphatic carbocycles. The molecule has 0 bridgehead atoms. The molecule has 5 nitrogen and oxygen atoms in total. The van der Waals surface area contributed by atoms with Crippen molar-refractivity contribution in [1.82, 2.24) is 15.2 Å². The number of nitrogens with one attached hydrogen (secondary N) is 1. The molecule has 0 saturated carbocycles. The van der Waals surface area contributed by atoms with Gasteiger partial charge in [-0.3, -0.25) is 14.6 Å². The van der Waals surface area contributed by atoms with E-state index in [1.54, 1.807) is 23.4 Å². The molecular weight excluding hydrogens is 326 g/mol. The molecule has 1 N–H and O–H groups in total. The Bertz CT molecular complexity index is 692. The highest BCUT2D eigenvalue weighted by atomic mass is 35.5. The van der Waals surface area contributed by atoms with E-state index in [1.165, 1.54) is 6.92 Å². The topological polar surface area (TPSA) is 62.3 Å². The number of hydrogen-bond donors (Lipinski definition) is 1. The Morgan fingerprint density at radius 3 is 2.54 bits per heavy atom. The van der Waals surface area contributed by atoms with Gasteiger partial charge in [0.05, 0.1) is 0 Å². The molecule has 0 fully saturated rings. The van der Waals surface area contributed by atoms with Crippen LogP contribution in [-0.4, -0.2) is 28.2 Å². The number of hydrogen-bond acceptors (Lipinski definition) is 3. The van der Waals surface area contributed by atoms with Crippen molar-refractivity contribution < 1.29 is 9.59 Å². The summed E-state index contributed by atoms with van der Waals surface area (Å²) in [5, 5.41) is 3.45. The second kappa shape index (κ2) is 9.03. The lowest BCUT2D eigenvalue weighted by Gasteiger charge is -2.21. The first-order valence-electron chi connectivity index (χ1n) is 7.71. The standard InChI is InChI=1S/C18H20ClN3O2/c1-14(23)22(13-15-6-9-20-10-7-15)11-8-18(24)21-12-16-4-2-3-5-17(16)19/h2-7,9-10H,8,11-13H2,1H3,(H,21,24). The summed E-state index contributed by atoms with van der Waals surface area (Å²) >= 11 is 6.06. The predicted octanol–water partition coefficient (Wildman–Crippen LogP) is 2.79. The Kier molecular flexibility index (Phi) is 6.75. The fourth-order valence-electron chi connectivity index (χ4n) is 2.22. The van der Waals surface area contributed by atoms with Crippen molar-refractivity contribution in [3.8, 4) is 0 Å². The Morgan fingerprint density at radius 2 is 1.88 bits per heavy atom. The number of benzene rings is 1. The van der Waals surface area contributed by atoms with Crippen molar-refractivity contribution in [2.45, 2.75) is 26.4 Å². The maximum atomic E-state index is 12.0. The van der Waals surface area contributed by atoms with Crippen LogP contribution in [-0.2, 0) is 22.7 Å². The molecule has 1 heterocycles. The fraction of sp³-hybridized carbons (Fsp3) is 0.278. The van der Waals surface area contributed by atoms with Crippen LogP contribution < -0.4 is 5.32 Å². The first-order valence-corrected chi connectivity index (χ1v) is 8.08. The molecule has 0 atom stereocenters. The van der Waals surface area contributed by atoms with Crippen LogP contribution in [0.3, 0.4) is 0 Å². The third kappa shape index (κ3) is 5.66. The predicted molar refractivity (Wildman–Crippen MR) is 93.2 cm³/mol. The lowest BCUT2D eigenvalue weighted by atomic mass is 10.2. The third-order valence-corrected chi connectivity index (χ3v) is 3.98. The minimum absolute atomic E-state index is 0.0642. The molecule has 1 aromatic carbocycles. The van der Waals surface area contributed by atoms with Gasteiger partial charge in [-0.05, 0) is 29.3 Å². The van der Waals surface area contributed by atoms with Gasteiger partial charge in [0.1, 0.15) is 0 Å². The third-order valence-electron chi connectivity index (χ3n) is 3.61. The Labute approximate surface area is 146 Å². The van der Waals surface area contributed by atoms with Gasteiger partial charge in [-0.2, -0.15) is 0 Å². The highest BCUT2D eigenvalue weighted by Gasteiger charge is 2.12. The largest absolute Gasteiger partial charge is 0.352 e. The van der Waals surface area contributed by atoms with Crippen molar-refractivity contribution in [2.75, 3.05) is 6.54 Å². The number of pyridine rings is 1. The minimum atomic E-state index is -0.115. The van der Waals surface area contributed by atoms with Gasteiger partial charge in [-0.25, -0.2) is 0 Å². The van der Waals surface area contributed by atoms with Crippen LogP contribution in [0.25, 0.3) is 0 Å². The van der Waals surface area contributed by atoms with E-state index in [9.17, 15) is 9.59 Å². The molecule has 0 aliphatic rings. The monoisotopic (exact) mass is 345 g/mol. The Balaban J connectivity index is 1.82. The van der Waals surface area contributed by atoms with E-state index >= 15 is 0 Å². The summed E-state index contributed by atoms with van der Waals surface area (Å²) in [4.78, 5) is 29.3. The molecule has 6 heteroatoms. The van der Waals surface area contributed by atoms with Crippen LogP contribution in [0.5, 0.6) is 0 Å². The quantitative estimate of drug-likeness (QED) is 0.839. The lowest BCUT2D eigenvalue weighted by molar-refractivity contribution is -0.130. The number of aromatic nitrogens is 1. The number of carbonyl (C=O) groups is 2. The summed E-state index contributed by atoms with van der Waals surface area (Å²) in [5.41, 5.74) is 1.85. The summed E-state index contributed by atoms with van der Waals surface area (Å²) in [7, 11) is 0. The summed E-state index contributed by atoms with van der Waals surface area (Å²) in [6.45, 7) is 2.72. The van der Waals surface area contributed by atoms with E-state index in [4.69, 9.17) is 11.6 Å². The second-order valence-electron chi connectivity index (χ2n) is 5.41. The maximum absolute atomic E-state index is 12.0. The van der Waals surface area contributed by atoms with Crippen LogP contribution in [0.4, 0.5) is 0 Å². The molecule has 24 heavy (non-hydrogen) atoms. The molecule has 0 saturated heterocycles. The van der Waals surface area contributed by atoms with Crippen LogP contribution >= 0.6 is 11.6 Å². The van der Waals surface area contributed by atoms with Gasteiger partial charge in [0.25, 0.3) is 0 Å². The molecule has 1 aromatic heterocycles. The molecule has 2 amide bonds. The fourth-order valence-corrected chi connectivity index (χ4v) is 2.42. The highest BCUT2D eigenvalue weighted by molar-refractivity contribution is 6.31. The van der Waals surface area contributed by atoms with Crippen molar-refractivity contribution in [1.29, 1.82) is 0 Å². The van der Waals surface area contributed by atoms with E-state index in [0.717, 1.165) is 11.1 Å². The summed E-state index contributed by atoms with van der Waals surface area (Å²) in [6, 6.07) is 11.1. The number of rotatable bonds is 7. The van der Waals surface area contributed by atoms with Gasteiger partial charge >= 0.3 is 0 Å². The van der Waals surface area contributed by atoms with E-state index in [2.05, 4.69) is 10.3 Å². The zero-order chi connectivity index (χ0) is 17.4. The molecule has 0 spiro atoms. The smallest absolute Gasteiger partial charge is 0.222 e. The van der Waals surface area contributed by atoms with Gasteiger partial charge in [-0.15, -0.1) is 0 Å². The highest BCUT2D eigenvalue weighted by Crippen LogP contribution is 2.14. The molecule has 2 aromatic rings. The zero-order valence-corrected chi connectivity index (χ0v) is 14.3. The first-order chi connectivity index (χ1) is 11.6. The lowest BCUT2D eigenvalue weighted by Crippen LogP contribution is -2.33. The van der Waals surface area contributed by atoms with Gasteiger partial charge in [-0.1, -0.05) is 29.8 Å². The van der Waals surface area contributed by atoms with E-state index in [0.29, 0.717) is 24.7 Å².